The molecule has 2 aromatic rings. The van der Waals surface area contributed by atoms with Crippen molar-refractivity contribution in [2.75, 3.05) is 0 Å². The molecule has 0 aromatic carbocycles. The average Bonchev–Trinajstić information content (AvgIpc) is 2.33. The number of hydrogen-bond acceptors (Lipinski definition) is 3. The molecule has 3 nitrogen and oxygen atoms in total. The molecule has 2 aromatic heterocycles. The zero-order valence-electron chi connectivity index (χ0n) is 5.84. The van der Waals surface area contributed by atoms with Gasteiger partial charge in [-0.2, -0.15) is 0 Å². The minimum Gasteiger partial charge on any atom is -0.354 e. The van der Waals surface area contributed by atoms with Gasteiger partial charge in [-0.25, -0.2) is 4.98 Å². The highest BCUT2D eigenvalue weighted by Gasteiger charge is 2.04. The van der Waals surface area contributed by atoms with Crippen LogP contribution < -0.4 is 0 Å². The molecule has 0 unspecified atom stereocenters. The third-order valence-corrected chi connectivity index (χ3v) is 1.89. The number of nitrogens with zero attached hydrogens (tertiary/aromatic N) is 2. The number of aryl methyl sites for hydroxylation is 1. The summed E-state index contributed by atoms with van der Waals surface area (Å²) in [6.07, 6.45) is 0. The van der Waals surface area contributed by atoms with Gasteiger partial charge in [-0.15, -0.1) is 0 Å². The highest BCUT2D eigenvalue weighted by atomic mass is 79.9. The molecular formula is C7H5BrN2O. The maximum atomic E-state index is 4.97. The summed E-state index contributed by atoms with van der Waals surface area (Å²) in [6, 6.07) is 3.67. The Bertz CT molecular complexity index is 396. The van der Waals surface area contributed by atoms with Crippen LogP contribution in [0.1, 0.15) is 5.69 Å². The summed E-state index contributed by atoms with van der Waals surface area (Å²) in [6.45, 7) is 1.87. The highest BCUT2D eigenvalue weighted by Crippen LogP contribution is 2.17. The van der Waals surface area contributed by atoms with Gasteiger partial charge in [0.2, 0.25) is 0 Å². The normalized spacial score (nSPS) is 10.7. The Morgan fingerprint density at radius 1 is 1.45 bits per heavy atom. The molecule has 2 heterocycles. The van der Waals surface area contributed by atoms with Crippen molar-refractivity contribution < 1.29 is 4.52 Å². The van der Waals surface area contributed by atoms with Crippen LogP contribution in [0.2, 0.25) is 0 Å². The third kappa shape index (κ3) is 1.03. The molecule has 0 aliphatic rings. The van der Waals surface area contributed by atoms with E-state index in [1.54, 1.807) is 0 Å². The first-order valence-electron chi connectivity index (χ1n) is 3.16. The lowest BCUT2D eigenvalue weighted by Gasteiger charge is -1.87. The molecule has 0 N–H and O–H groups in total. The second-order valence-electron chi connectivity index (χ2n) is 2.25. The van der Waals surface area contributed by atoms with Crippen LogP contribution >= 0.6 is 15.9 Å². The highest BCUT2D eigenvalue weighted by molar-refractivity contribution is 9.10. The number of pyridine rings is 1. The van der Waals surface area contributed by atoms with Gasteiger partial charge in [-0.05, 0) is 35.0 Å². The van der Waals surface area contributed by atoms with Crippen molar-refractivity contribution >= 4 is 27.0 Å². The van der Waals surface area contributed by atoms with Crippen LogP contribution in [0.4, 0.5) is 0 Å². The molecule has 0 radical (unpaired) electrons. The van der Waals surface area contributed by atoms with Crippen molar-refractivity contribution in [2.24, 2.45) is 0 Å². The molecule has 0 aliphatic heterocycles. The molecule has 56 valence electrons. The quantitative estimate of drug-likeness (QED) is 0.630. The summed E-state index contributed by atoms with van der Waals surface area (Å²) in [5.41, 5.74) is 2.37. The van der Waals surface area contributed by atoms with Crippen molar-refractivity contribution in [1.29, 1.82) is 0 Å². The number of halogens is 1. The zero-order valence-corrected chi connectivity index (χ0v) is 7.42. The van der Waals surface area contributed by atoms with E-state index in [9.17, 15) is 0 Å². The first-order valence-corrected chi connectivity index (χ1v) is 3.95. The predicted octanol–water partition coefficient (Wildman–Crippen LogP) is 2.29. The summed E-state index contributed by atoms with van der Waals surface area (Å²) in [4.78, 5) is 4.20. The summed E-state index contributed by atoms with van der Waals surface area (Å²) < 4.78 is 5.77. The van der Waals surface area contributed by atoms with E-state index >= 15 is 0 Å². The van der Waals surface area contributed by atoms with Crippen LogP contribution in [0, 0.1) is 6.92 Å². The first-order chi connectivity index (χ1) is 5.27. The molecule has 0 spiro atoms. The second kappa shape index (κ2) is 2.30. The first kappa shape index (κ1) is 6.79. The summed E-state index contributed by atoms with van der Waals surface area (Å²) in [5.74, 6) is 0. The fourth-order valence-corrected chi connectivity index (χ4v) is 1.23. The molecule has 0 aliphatic carbocycles. The van der Waals surface area contributed by atoms with Gasteiger partial charge in [0.05, 0.1) is 0 Å². The Morgan fingerprint density at radius 2 is 2.27 bits per heavy atom. The fourth-order valence-electron chi connectivity index (χ4n) is 0.916. The van der Waals surface area contributed by atoms with E-state index in [1.807, 2.05) is 19.1 Å². The molecule has 2 rings (SSSR count). The molecule has 0 bridgehead atoms. The Kier molecular flexibility index (Phi) is 1.42. The molecule has 4 heteroatoms. The SMILES string of the molecule is Cc1noc2ccc(Br)nc12. The lowest BCUT2D eigenvalue weighted by Crippen LogP contribution is -1.77. The molecule has 0 saturated heterocycles. The monoisotopic (exact) mass is 212 g/mol. The number of rotatable bonds is 0. The lowest BCUT2D eigenvalue weighted by molar-refractivity contribution is 0.450. The van der Waals surface area contributed by atoms with Crippen molar-refractivity contribution in [3.05, 3.63) is 22.4 Å². The molecule has 11 heavy (non-hydrogen) atoms. The van der Waals surface area contributed by atoms with Crippen LogP contribution in [0.5, 0.6) is 0 Å². The summed E-state index contributed by atoms with van der Waals surface area (Å²) in [7, 11) is 0. The van der Waals surface area contributed by atoms with Crippen molar-refractivity contribution in [1.82, 2.24) is 10.1 Å². The second-order valence-corrected chi connectivity index (χ2v) is 3.06. The van der Waals surface area contributed by atoms with Crippen LogP contribution in [-0.4, -0.2) is 10.1 Å². The maximum Gasteiger partial charge on any atom is 0.185 e. The minimum absolute atomic E-state index is 0.728. The summed E-state index contributed by atoms with van der Waals surface area (Å²) >= 11 is 3.27. The van der Waals surface area contributed by atoms with Crippen molar-refractivity contribution in [2.45, 2.75) is 6.92 Å². The Balaban J connectivity index is 2.87. The Morgan fingerprint density at radius 3 is 3.09 bits per heavy atom. The van der Waals surface area contributed by atoms with Gasteiger partial charge in [-0.3, -0.25) is 0 Å². The maximum absolute atomic E-state index is 4.97. The van der Waals surface area contributed by atoms with Crippen LogP contribution in [0.25, 0.3) is 11.1 Å². The van der Waals surface area contributed by atoms with Gasteiger partial charge in [0.25, 0.3) is 0 Å². The van der Waals surface area contributed by atoms with E-state index < -0.39 is 0 Å². The van der Waals surface area contributed by atoms with Gasteiger partial charge in [0.1, 0.15) is 15.8 Å². The molecule has 0 atom stereocenters. The molecule has 0 fully saturated rings. The van der Waals surface area contributed by atoms with E-state index in [-0.39, 0.29) is 0 Å². The van der Waals surface area contributed by atoms with Gasteiger partial charge < -0.3 is 4.52 Å². The van der Waals surface area contributed by atoms with Crippen LogP contribution in [0.15, 0.2) is 21.3 Å². The van der Waals surface area contributed by atoms with Crippen molar-refractivity contribution in [3.63, 3.8) is 0 Å². The predicted molar refractivity (Wildman–Crippen MR) is 44.2 cm³/mol. The Labute approximate surface area is 71.5 Å². The van der Waals surface area contributed by atoms with Gasteiger partial charge >= 0.3 is 0 Å². The van der Waals surface area contributed by atoms with E-state index in [4.69, 9.17) is 4.52 Å². The average molecular weight is 213 g/mol. The van der Waals surface area contributed by atoms with Gasteiger partial charge in [0.15, 0.2) is 5.58 Å². The van der Waals surface area contributed by atoms with Crippen LogP contribution in [-0.2, 0) is 0 Å². The van der Waals surface area contributed by atoms with Crippen LogP contribution in [0.3, 0.4) is 0 Å². The largest absolute Gasteiger partial charge is 0.354 e. The van der Waals surface area contributed by atoms with Gasteiger partial charge in [0, 0.05) is 0 Å². The molecular weight excluding hydrogens is 208 g/mol. The lowest BCUT2D eigenvalue weighted by atomic mass is 10.3. The minimum atomic E-state index is 0.728. The van der Waals surface area contributed by atoms with E-state index in [0.717, 1.165) is 21.4 Å². The Hall–Kier alpha value is -0.900. The van der Waals surface area contributed by atoms with Crippen molar-refractivity contribution in [3.8, 4) is 0 Å². The van der Waals surface area contributed by atoms with E-state index in [2.05, 4.69) is 26.1 Å². The molecule has 0 amide bonds. The number of hydrogen-bond donors (Lipinski definition) is 0. The topological polar surface area (TPSA) is 38.9 Å². The van der Waals surface area contributed by atoms with Gasteiger partial charge in [-0.1, -0.05) is 5.16 Å². The fraction of sp³-hybridized carbons (Fsp3) is 0.143. The standard InChI is InChI=1S/C7H5BrN2O/c1-4-7-5(11-10-4)2-3-6(8)9-7/h2-3H,1H3. The number of aromatic nitrogens is 2. The summed E-state index contributed by atoms with van der Waals surface area (Å²) in [5, 5.41) is 3.78. The van der Waals surface area contributed by atoms with E-state index in [1.165, 1.54) is 0 Å². The third-order valence-electron chi connectivity index (χ3n) is 1.45. The number of fused-ring (bicyclic) bond motifs is 1. The molecule has 0 saturated carbocycles. The smallest absolute Gasteiger partial charge is 0.185 e. The zero-order chi connectivity index (χ0) is 7.84. The van der Waals surface area contributed by atoms with E-state index in [0.29, 0.717) is 0 Å².